The fraction of sp³-hybridized carbons (Fsp3) is 0.261. The third-order valence-electron chi connectivity index (χ3n) is 4.79. The minimum absolute atomic E-state index is 0.0305. The number of nitrogens with one attached hydrogen (secondary N) is 2. The average molecular weight is 438 g/mol. The zero-order valence-corrected chi connectivity index (χ0v) is 17.7. The van der Waals surface area contributed by atoms with Crippen molar-refractivity contribution in [1.29, 1.82) is 0 Å². The van der Waals surface area contributed by atoms with Gasteiger partial charge in [-0.2, -0.15) is 0 Å². The van der Waals surface area contributed by atoms with E-state index in [1.165, 1.54) is 38.4 Å². The van der Waals surface area contributed by atoms with Crippen molar-refractivity contribution in [3.63, 3.8) is 0 Å². The third-order valence-corrected chi connectivity index (χ3v) is 4.79. The van der Waals surface area contributed by atoms with Crippen molar-refractivity contribution in [2.75, 3.05) is 7.11 Å². The molecule has 0 bridgehead atoms. The van der Waals surface area contributed by atoms with Gasteiger partial charge in [-0.3, -0.25) is 14.6 Å². The van der Waals surface area contributed by atoms with Gasteiger partial charge in [0.1, 0.15) is 17.9 Å². The SMILES string of the molecule is COC(=O)[C@@H](Cc1cnc2ccccc2n1)NC(=O)[C@@H](Cc1ccccc1F)NC(C)=O. The van der Waals surface area contributed by atoms with Crippen LogP contribution in [0, 0.1) is 5.82 Å². The second-order valence-electron chi connectivity index (χ2n) is 7.19. The summed E-state index contributed by atoms with van der Waals surface area (Å²) in [4.78, 5) is 45.7. The number of ether oxygens (including phenoxy) is 1. The summed E-state index contributed by atoms with van der Waals surface area (Å²) in [5, 5.41) is 5.10. The summed E-state index contributed by atoms with van der Waals surface area (Å²) in [5.74, 6) is -2.28. The van der Waals surface area contributed by atoms with Crippen LogP contribution in [0.5, 0.6) is 0 Å². The van der Waals surface area contributed by atoms with Gasteiger partial charge < -0.3 is 15.4 Å². The van der Waals surface area contributed by atoms with Gasteiger partial charge in [-0.1, -0.05) is 30.3 Å². The van der Waals surface area contributed by atoms with E-state index in [0.717, 1.165) is 0 Å². The molecule has 0 saturated carbocycles. The van der Waals surface area contributed by atoms with E-state index in [-0.39, 0.29) is 18.4 Å². The van der Waals surface area contributed by atoms with Crippen molar-refractivity contribution in [2.24, 2.45) is 0 Å². The number of hydrogen-bond donors (Lipinski definition) is 2. The lowest BCUT2D eigenvalue weighted by Crippen LogP contribution is -2.53. The molecule has 2 amide bonds. The molecule has 32 heavy (non-hydrogen) atoms. The van der Waals surface area contributed by atoms with Crippen LogP contribution in [0.1, 0.15) is 18.2 Å². The Kier molecular flexibility index (Phi) is 7.43. The highest BCUT2D eigenvalue weighted by atomic mass is 19.1. The van der Waals surface area contributed by atoms with Crippen LogP contribution in [-0.4, -0.2) is 46.9 Å². The maximum Gasteiger partial charge on any atom is 0.328 e. The molecule has 1 heterocycles. The molecule has 0 fully saturated rings. The van der Waals surface area contributed by atoms with E-state index >= 15 is 0 Å². The number of aromatic nitrogens is 2. The Morgan fingerprint density at radius 1 is 0.969 bits per heavy atom. The highest BCUT2D eigenvalue weighted by Crippen LogP contribution is 2.12. The van der Waals surface area contributed by atoms with Crippen molar-refractivity contribution >= 4 is 28.8 Å². The summed E-state index contributed by atoms with van der Waals surface area (Å²) in [5.41, 5.74) is 2.09. The van der Waals surface area contributed by atoms with E-state index < -0.39 is 35.7 Å². The van der Waals surface area contributed by atoms with Gasteiger partial charge in [0.05, 0.1) is 23.8 Å². The Bertz CT molecular complexity index is 1140. The Morgan fingerprint density at radius 2 is 1.66 bits per heavy atom. The van der Waals surface area contributed by atoms with Gasteiger partial charge >= 0.3 is 5.97 Å². The van der Waals surface area contributed by atoms with Gasteiger partial charge in [0.25, 0.3) is 0 Å². The van der Waals surface area contributed by atoms with Gasteiger partial charge in [-0.05, 0) is 23.8 Å². The second-order valence-corrected chi connectivity index (χ2v) is 7.19. The Balaban J connectivity index is 1.79. The van der Waals surface area contributed by atoms with Gasteiger partial charge in [0, 0.05) is 26.0 Å². The molecule has 0 aliphatic heterocycles. The molecule has 166 valence electrons. The second kappa shape index (κ2) is 10.4. The van der Waals surface area contributed by atoms with Crippen molar-refractivity contribution in [3.8, 4) is 0 Å². The van der Waals surface area contributed by atoms with E-state index in [1.807, 2.05) is 18.2 Å². The highest BCUT2D eigenvalue weighted by Gasteiger charge is 2.28. The maximum atomic E-state index is 14.1. The molecule has 0 aliphatic rings. The summed E-state index contributed by atoms with van der Waals surface area (Å²) in [7, 11) is 1.21. The number of methoxy groups -OCH3 is 1. The third kappa shape index (κ3) is 5.84. The van der Waals surface area contributed by atoms with Gasteiger partial charge in [0.15, 0.2) is 0 Å². The number of para-hydroxylation sites is 2. The van der Waals surface area contributed by atoms with Crippen LogP contribution in [-0.2, 0) is 32.0 Å². The predicted molar refractivity (Wildman–Crippen MR) is 115 cm³/mol. The van der Waals surface area contributed by atoms with Gasteiger partial charge in [-0.15, -0.1) is 0 Å². The first-order valence-corrected chi connectivity index (χ1v) is 9.96. The van der Waals surface area contributed by atoms with Crippen molar-refractivity contribution in [3.05, 3.63) is 71.8 Å². The number of carbonyl (C=O) groups excluding carboxylic acids is 3. The first-order valence-electron chi connectivity index (χ1n) is 9.96. The number of fused-ring (bicyclic) bond motifs is 1. The van der Waals surface area contributed by atoms with Crippen LogP contribution in [0.25, 0.3) is 11.0 Å². The quantitative estimate of drug-likeness (QED) is 0.518. The van der Waals surface area contributed by atoms with Crippen LogP contribution in [0.4, 0.5) is 4.39 Å². The van der Waals surface area contributed by atoms with Crippen molar-refractivity contribution < 1.29 is 23.5 Å². The molecule has 2 N–H and O–H groups in total. The van der Waals surface area contributed by atoms with Crippen molar-refractivity contribution in [2.45, 2.75) is 31.8 Å². The topological polar surface area (TPSA) is 110 Å². The molecule has 1 aromatic heterocycles. The summed E-state index contributed by atoms with van der Waals surface area (Å²) in [6, 6.07) is 11.1. The Morgan fingerprint density at radius 3 is 2.34 bits per heavy atom. The van der Waals surface area contributed by atoms with Crippen LogP contribution in [0.3, 0.4) is 0 Å². The number of carbonyl (C=O) groups is 3. The number of benzene rings is 2. The van der Waals surface area contributed by atoms with E-state index in [9.17, 15) is 18.8 Å². The predicted octanol–water partition coefficient (Wildman–Crippen LogP) is 1.72. The summed E-state index contributed by atoms with van der Waals surface area (Å²) in [6.07, 6.45) is 1.47. The summed E-state index contributed by atoms with van der Waals surface area (Å²) >= 11 is 0. The summed E-state index contributed by atoms with van der Waals surface area (Å²) in [6.45, 7) is 1.25. The molecule has 0 radical (unpaired) electrons. The molecule has 0 unspecified atom stereocenters. The normalized spacial score (nSPS) is 12.6. The largest absolute Gasteiger partial charge is 0.467 e. The first kappa shape index (κ1) is 22.8. The van der Waals surface area contributed by atoms with E-state index in [0.29, 0.717) is 16.7 Å². The molecule has 9 heteroatoms. The smallest absolute Gasteiger partial charge is 0.328 e. The van der Waals surface area contributed by atoms with Crippen molar-refractivity contribution in [1.82, 2.24) is 20.6 Å². The molecule has 2 atom stereocenters. The lowest BCUT2D eigenvalue weighted by molar-refractivity contribution is -0.145. The number of hydrogen-bond acceptors (Lipinski definition) is 6. The van der Waals surface area contributed by atoms with Crippen LogP contribution in [0.15, 0.2) is 54.7 Å². The Labute approximate surface area is 184 Å². The van der Waals surface area contributed by atoms with Crippen LogP contribution < -0.4 is 10.6 Å². The number of halogens is 1. The molecule has 3 rings (SSSR count). The minimum Gasteiger partial charge on any atom is -0.467 e. The zero-order valence-electron chi connectivity index (χ0n) is 17.7. The fourth-order valence-corrected chi connectivity index (χ4v) is 3.25. The first-order chi connectivity index (χ1) is 15.4. The molecule has 0 saturated heterocycles. The van der Waals surface area contributed by atoms with Crippen LogP contribution in [0.2, 0.25) is 0 Å². The fourth-order valence-electron chi connectivity index (χ4n) is 3.25. The number of rotatable bonds is 8. The van der Waals surface area contributed by atoms with Gasteiger partial charge in [0.2, 0.25) is 11.8 Å². The number of nitrogens with zero attached hydrogens (tertiary/aromatic N) is 2. The average Bonchev–Trinajstić information content (AvgIpc) is 2.78. The minimum atomic E-state index is -1.08. The lowest BCUT2D eigenvalue weighted by Gasteiger charge is -2.22. The van der Waals surface area contributed by atoms with E-state index in [1.54, 1.807) is 12.1 Å². The molecule has 3 aromatic rings. The lowest BCUT2D eigenvalue weighted by atomic mass is 10.0. The van der Waals surface area contributed by atoms with Crippen LogP contribution >= 0.6 is 0 Å². The van der Waals surface area contributed by atoms with Gasteiger partial charge in [-0.25, -0.2) is 14.2 Å². The standard InChI is InChI=1S/C23H23FN4O4/c1-14(29)26-20(11-15-7-3-4-8-17(15)24)22(30)28-21(23(31)32-2)12-16-13-25-18-9-5-6-10-19(18)27-16/h3-10,13,20-21H,11-12H2,1-2H3,(H,26,29)(H,28,30)/t20-,21-/m1/s1. The monoisotopic (exact) mass is 438 g/mol. The highest BCUT2D eigenvalue weighted by molar-refractivity contribution is 5.90. The molecule has 0 aliphatic carbocycles. The molecular formula is C23H23FN4O4. The zero-order chi connectivity index (χ0) is 23.1. The van der Waals surface area contributed by atoms with E-state index in [2.05, 4.69) is 20.6 Å². The maximum absolute atomic E-state index is 14.1. The molecule has 0 spiro atoms. The number of esters is 1. The summed E-state index contributed by atoms with van der Waals surface area (Å²) < 4.78 is 18.9. The molecular weight excluding hydrogens is 415 g/mol. The number of amides is 2. The Hall–Kier alpha value is -3.88. The molecule has 2 aromatic carbocycles. The van der Waals surface area contributed by atoms with E-state index in [4.69, 9.17) is 4.74 Å². The molecule has 8 nitrogen and oxygen atoms in total.